The van der Waals surface area contributed by atoms with Crippen molar-refractivity contribution in [2.24, 2.45) is 12.8 Å². The normalized spacial score (nSPS) is 17.4. The minimum atomic E-state index is 0.0529. The maximum atomic E-state index is 6.21. The van der Waals surface area contributed by atoms with Gasteiger partial charge in [-0.2, -0.15) is 0 Å². The zero-order valence-corrected chi connectivity index (χ0v) is 10.4. The van der Waals surface area contributed by atoms with Crippen LogP contribution in [0.2, 0.25) is 0 Å². The molecular formula is C14H18N2O. The quantitative estimate of drug-likeness (QED) is 0.878. The fourth-order valence-electron chi connectivity index (χ4n) is 2.48. The Hall–Kier alpha value is -1.48. The molecule has 1 fully saturated rings. The number of nitrogens with two attached hydrogens (primary N) is 1. The zero-order chi connectivity index (χ0) is 12.0. The van der Waals surface area contributed by atoms with Crippen molar-refractivity contribution in [2.75, 3.05) is 7.11 Å². The SMILES string of the molecule is COc1ccc(CC2(N)CC2)c2ccn(C)c12. The highest BCUT2D eigenvalue weighted by Crippen LogP contribution is 2.38. The second-order valence-electron chi connectivity index (χ2n) is 5.16. The van der Waals surface area contributed by atoms with Crippen molar-refractivity contribution in [3.63, 3.8) is 0 Å². The molecule has 1 aromatic heterocycles. The molecule has 1 heterocycles. The predicted molar refractivity (Wildman–Crippen MR) is 69.3 cm³/mol. The number of methoxy groups -OCH3 is 1. The van der Waals surface area contributed by atoms with Crippen LogP contribution in [0.1, 0.15) is 18.4 Å². The van der Waals surface area contributed by atoms with Crippen LogP contribution in [-0.4, -0.2) is 17.2 Å². The minimum Gasteiger partial charge on any atom is -0.495 e. The molecule has 2 N–H and O–H groups in total. The molecule has 1 aliphatic rings. The van der Waals surface area contributed by atoms with Gasteiger partial charge in [-0.3, -0.25) is 0 Å². The maximum Gasteiger partial charge on any atom is 0.143 e. The highest BCUT2D eigenvalue weighted by Gasteiger charge is 2.38. The predicted octanol–water partition coefficient (Wildman–Crippen LogP) is 2.22. The molecule has 0 saturated heterocycles. The van der Waals surface area contributed by atoms with Crippen LogP contribution >= 0.6 is 0 Å². The molecule has 90 valence electrons. The van der Waals surface area contributed by atoms with E-state index in [-0.39, 0.29) is 5.54 Å². The summed E-state index contributed by atoms with van der Waals surface area (Å²) in [4.78, 5) is 0. The summed E-state index contributed by atoms with van der Waals surface area (Å²) in [6.07, 6.45) is 5.34. The number of ether oxygens (including phenoxy) is 1. The molecule has 3 heteroatoms. The van der Waals surface area contributed by atoms with Crippen LogP contribution in [0.4, 0.5) is 0 Å². The van der Waals surface area contributed by atoms with Gasteiger partial charge in [-0.05, 0) is 37.0 Å². The van der Waals surface area contributed by atoms with E-state index < -0.39 is 0 Å². The van der Waals surface area contributed by atoms with Gasteiger partial charge in [0, 0.05) is 24.2 Å². The summed E-state index contributed by atoms with van der Waals surface area (Å²) in [6, 6.07) is 6.34. The summed E-state index contributed by atoms with van der Waals surface area (Å²) in [6.45, 7) is 0. The van der Waals surface area contributed by atoms with Gasteiger partial charge in [0.25, 0.3) is 0 Å². The Morgan fingerprint density at radius 2 is 2.12 bits per heavy atom. The fraction of sp³-hybridized carbons (Fsp3) is 0.429. The Morgan fingerprint density at radius 1 is 1.35 bits per heavy atom. The number of benzene rings is 1. The molecule has 1 saturated carbocycles. The molecule has 0 amide bonds. The number of rotatable bonds is 3. The highest BCUT2D eigenvalue weighted by molar-refractivity contribution is 5.89. The van der Waals surface area contributed by atoms with E-state index >= 15 is 0 Å². The summed E-state index contributed by atoms with van der Waals surface area (Å²) in [5.41, 5.74) is 8.76. The molecule has 17 heavy (non-hydrogen) atoms. The molecular weight excluding hydrogens is 212 g/mol. The van der Waals surface area contributed by atoms with Gasteiger partial charge >= 0.3 is 0 Å². The van der Waals surface area contributed by atoms with Crippen LogP contribution < -0.4 is 10.5 Å². The summed E-state index contributed by atoms with van der Waals surface area (Å²) >= 11 is 0. The van der Waals surface area contributed by atoms with Crippen molar-refractivity contribution in [3.8, 4) is 5.75 Å². The standard InChI is InChI=1S/C14H18N2O/c1-16-8-5-11-10(9-14(15)6-7-14)3-4-12(17-2)13(11)16/h3-5,8H,6-7,9,15H2,1-2H3. The molecule has 0 radical (unpaired) electrons. The van der Waals surface area contributed by atoms with Gasteiger partial charge in [-0.1, -0.05) is 6.07 Å². The Balaban J connectivity index is 2.13. The second kappa shape index (κ2) is 3.50. The average molecular weight is 230 g/mol. The highest BCUT2D eigenvalue weighted by atomic mass is 16.5. The van der Waals surface area contributed by atoms with Crippen LogP contribution in [0.3, 0.4) is 0 Å². The van der Waals surface area contributed by atoms with E-state index in [1.165, 1.54) is 10.9 Å². The van der Waals surface area contributed by atoms with E-state index in [9.17, 15) is 0 Å². The molecule has 1 aliphatic carbocycles. The van der Waals surface area contributed by atoms with Crippen molar-refractivity contribution in [1.29, 1.82) is 0 Å². The van der Waals surface area contributed by atoms with Gasteiger partial charge in [-0.25, -0.2) is 0 Å². The van der Waals surface area contributed by atoms with Gasteiger partial charge in [-0.15, -0.1) is 0 Å². The van der Waals surface area contributed by atoms with E-state index in [1.807, 2.05) is 13.1 Å². The molecule has 0 unspecified atom stereocenters. The summed E-state index contributed by atoms with van der Waals surface area (Å²) in [5, 5.41) is 1.27. The first-order valence-corrected chi connectivity index (χ1v) is 6.03. The molecule has 0 atom stereocenters. The summed E-state index contributed by atoms with van der Waals surface area (Å²) in [5.74, 6) is 0.929. The Morgan fingerprint density at radius 3 is 2.76 bits per heavy atom. The number of nitrogens with zero attached hydrogens (tertiary/aromatic N) is 1. The zero-order valence-electron chi connectivity index (χ0n) is 10.4. The molecule has 0 spiro atoms. The van der Waals surface area contributed by atoms with Crippen LogP contribution in [-0.2, 0) is 13.5 Å². The Kier molecular flexibility index (Phi) is 2.20. The average Bonchev–Trinajstić information content (AvgIpc) is 2.91. The third-order valence-corrected chi connectivity index (χ3v) is 3.74. The monoisotopic (exact) mass is 230 g/mol. The van der Waals surface area contributed by atoms with E-state index in [0.717, 1.165) is 30.5 Å². The lowest BCUT2D eigenvalue weighted by atomic mass is 10.0. The van der Waals surface area contributed by atoms with Crippen molar-refractivity contribution in [3.05, 3.63) is 30.0 Å². The molecule has 0 bridgehead atoms. The first-order chi connectivity index (χ1) is 8.13. The Bertz CT molecular complexity index is 567. The van der Waals surface area contributed by atoms with Crippen LogP contribution in [0.15, 0.2) is 24.4 Å². The van der Waals surface area contributed by atoms with Gasteiger partial charge in [0.05, 0.1) is 12.6 Å². The topological polar surface area (TPSA) is 40.2 Å². The third kappa shape index (κ3) is 1.71. The van der Waals surface area contributed by atoms with Gasteiger partial charge in [0.2, 0.25) is 0 Å². The fourth-order valence-corrected chi connectivity index (χ4v) is 2.48. The van der Waals surface area contributed by atoms with Crippen molar-refractivity contribution in [1.82, 2.24) is 4.57 Å². The number of aromatic nitrogens is 1. The number of aryl methyl sites for hydroxylation is 1. The number of hydrogen-bond acceptors (Lipinski definition) is 2. The summed E-state index contributed by atoms with van der Waals surface area (Å²) in [7, 11) is 3.76. The van der Waals surface area contributed by atoms with E-state index in [0.29, 0.717) is 0 Å². The van der Waals surface area contributed by atoms with Crippen molar-refractivity contribution in [2.45, 2.75) is 24.8 Å². The number of hydrogen-bond donors (Lipinski definition) is 1. The van der Waals surface area contributed by atoms with Gasteiger partial charge in [0.1, 0.15) is 5.75 Å². The lowest BCUT2D eigenvalue weighted by Gasteiger charge is -2.12. The van der Waals surface area contributed by atoms with E-state index in [1.54, 1.807) is 7.11 Å². The van der Waals surface area contributed by atoms with Gasteiger partial charge in [0.15, 0.2) is 0 Å². The summed E-state index contributed by atoms with van der Waals surface area (Å²) < 4.78 is 7.52. The first kappa shape index (κ1) is 10.7. The van der Waals surface area contributed by atoms with Crippen LogP contribution in [0.25, 0.3) is 10.9 Å². The van der Waals surface area contributed by atoms with Crippen LogP contribution in [0, 0.1) is 0 Å². The molecule has 3 rings (SSSR count). The molecule has 0 aliphatic heterocycles. The van der Waals surface area contributed by atoms with Crippen LogP contribution in [0.5, 0.6) is 5.75 Å². The third-order valence-electron chi connectivity index (χ3n) is 3.74. The van der Waals surface area contributed by atoms with Gasteiger partial charge < -0.3 is 15.0 Å². The lowest BCUT2D eigenvalue weighted by molar-refractivity contribution is 0.417. The van der Waals surface area contributed by atoms with Crippen molar-refractivity contribution >= 4 is 10.9 Å². The molecule has 1 aromatic carbocycles. The maximum absolute atomic E-state index is 6.21. The van der Waals surface area contributed by atoms with Crippen molar-refractivity contribution < 1.29 is 4.74 Å². The Labute approximate surface area is 101 Å². The second-order valence-corrected chi connectivity index (χ2v) is 5.16. The molecule has 3 nitrogen and oxygen atoms in total. The largest absolute Gasteiger partial charge is 0.495 e. The molecule has 2 aromatic rings. The number of fused-ring (bicyclic) bond motifs is 1. The minimum absolute atomic E-state index is 0.0529. The lowest BCUT2D eigenvalue weighted by Crippen LogP contribution is -2.24. The first-order valence-electron chi connectivity index (χ1n) is 6.03. The smallest absolute Gasteiger partial charge is 0.143 e. The van der Waals surface area contributed by atoms with E-state index in [4.69, 9.17) is 10.5 Å². The van der Waals surface area contributed by atoms with E-state index in [2.05, 4.69) is 22.9 Å².